The van der Waals surface area contributed by atoms with Gasteiger partial charge in [-0.25, -0.2) is 0 Å². The van der Waals surface area contributed by atoms with Crippen molar-refractivity contribution in [2.24, 2.45) is 5.92 Å². The van der Waals surface area contributed by atoms with Crippen LogP contribution in [0.1, 0.15) is 33.3 Å². The molecule has 0 aromatic heterocycles. The van der Waals surface area contributed by atoms with E-state index in [1.54, 1.807) is 18.2 Å². The highest BCUT2D eigenvalue weighted by Crippen LogP contribution is 2.17. The van der Waals surface area contributed by atoms with Crippen LogP contribution in [0.3, 0.4) is 0 Å². The van der Waals surface area contributed by atoms with Crippen LogP contribution < -0.4 is 0 Å². The number of rotatable bonds is 3. The smallest absolute Gasteiger partial charge is 0.309 e. The first-order chi connectivity index (χ1) is 7.78. The lowest BCUT2D eigenvalue weighted by atomic mass is 10.0. The van der Waals surface area contributed by atoms with Gasteiger partial charge in [-0.1, -0.05) is 19.1 Å². The molecule has 0 aliphatic carbocycles. The Kier molecular flexibility index (Phi) is 4.16. The Hall–Kier alpha value is -1.51. The zero-order chi connectivity index (χ0) is 13.1. The lowest BCUT2D eigenvalue weighted by Crippen LogP contribution is -2.28. The minimum atomic E-state index is -0.454. The molecule has 0 saturated carbocycles. The van der Waals surface area contributed by atoms with Crippen molar-refractivity contribution in [2.75, 3.05) is 0 Å². The summed E-state index contributed by atoms with van der Waals surface area (Å²) in [7, 11) is 0. The predicted octanol–water partition coefficient (Wildman–Crippen LogP) is 2.91. The van der Waals surface area contributed by atoms with Crippen molar-refractivity contribution in [1.82, 2.24) is 0 Å². The van der Waals surface area contributed by atoms with Crippen LogP contribution >= 0.6 is 0 Å². The highest BCUT2D eigenvalue weighted by atomic mass is 16.6. The van der Waals surface area contributed by atoms with E-state index in [0.29, 0.717) is 6.42 Å². The van der Waals surface area contributed by atoms with E-state index in [9.17, 15) is 9.90 Å². The highest BCUT2D eigenvalue weighted by molar-refractivity contribution is 5.72. The second kappa shape index (κ2) is 5.21. The number of hydrogen-bond acceptors (Lipinski definition) is 3. The quantitative estimate of drug-likeness (QED) is 0.821. The zero-order valence-electron chi connectivity index (χ0n) is 10.9. The van der Waals surface area contributed by atoms with Crippen molar-refractivity contribution in [1.29, 1.82) is 0 Å². The van der Waals surface area contributed by atoms with Gasteiger partial charge in [-0.3, -0.25) is 4.79 Å². The van der Waals surface area contributed by atoms with Gasteiger partial charge >= 0.3 is 5.97 Å². The molecule has 0 spiro atoms. The third-order valence-electron chi connectivity index (χ3n) is 2.26. The first kappa shape index (κ1) is 13.6. The Bertz CT molecular complexity index is 391. The molecule has 1 unspecified atom stereocenters. The molecular weight excluding hydrogens is 216 g/mol. The molecule has 0 saturated heterocycles. The second-order valence-corrected chi connectivity index (χ2v) is 5.31. The van der Waals surface area contributed by atoms with E-state index in [1.165, 1.54) is 0 Å². The SMILES string of the molecule is CC(Cc1cccc(O)c1)C(=O)OC(C)(C)C. The van der Waals surface area contributed by atoms with Crippen molar-refractivity contribution in [2.45, 2.75) is 39.7 Å². The molecule has 0 aliphatic heterocycles. The average Bonchev–Trinajstić information content (AvgIpc) is 2.14. The molecular formula is C14H20O3. The molecule has 3 heteroatoms. The van der Waals surface area contributed by atoms with Crippen LogP contribution in [-0.4, -0.2) is 16.7 Å². The molecule has 1 atom stereocenters. The molecule has 1 rings (SSSR count). The normalized spacial score (nSPS) is 13.2. The predicted molar refractivity (Wildman–Crippen MR) is 66.8 cm³/mol. The number of carbonyl (C=O) groups excluding carboxylic acids is 1. The molecule has 1 N–H and O–H groups in total. The Morgan fingerprint density at radius 2 is 2.06 bits per heavy atom. The maximum absolute atomic E-state index is 11.8. The summed E-state index contributed by atoms with van der Waals surface area (Å²) in [6.45, 7) is 7.39. The zero-order valence-corrected chi connectivity index (χ0v) is 10.9. The van der Waals surface area contributed by atoms with Gasteiger partial charge in [0.25, 0.3) is 0 Å². The van der Waals surface area contributed by atoms with Gasteiger partial charge in [0.05, 0.1) is 5.92 Å². The first-order valence-corrected chi connectivity index (χ1v) is 5.79. The van der Waals surface area contributed by atoms with Crippen molar-refractivity contribution in [3.8, 4) is 5.75 Å². The van der Waals surface area contributed by atoms with E-state index >= 15 is 0 Å². The highest BCUT2D eigenvalue weighted by Gasteiger charge is 2.21. The van der Waals surface area contributed by atoms with E-state index in [1.807, 2.05) is 33.8 Å². The first-order valence-electron chi connectivity index (χ1n) is 5.79. The molecule has 0 fully saturated rings. The summed E-state index contributed by atoms with van der Waals surface area (Å²) >= 11 is 0. The maximum atomic E-state index is 11.8. The van der Waals surface area contributed by atoms with Crippen LogP contribution in [0, 0.1) is 5.92 Å². The number of aromatic hydroxyl groups is 1. The van der Waals surface area contributed by atoms with Crippen molar-refractivity contribution in [3.05, 3.63) is 29.8 Å². The fourth-order valence-corrected chi connectivity index (χ4v) is 1.52. The van der Waals surface area contributed by atoms with Gasteiger partial charge in [0.15, 0.2) is 0 Å². The molecule has 94 valence electrons. The van der Waals surface area contributed by atoms with Gasteiger partial charge in [-0.05, 0) is 44.9 Å². The minimum absolute atomic E-state index is 0.208. The number of phenolic OH excluding ortho intramolecular Hbond substituents is 1. The molecule has 0 amide bonds. The molecule has 0 heterocycles. The molecule has 17 heavy (non-hydrogen) atoms. The third-order valence-corrected chi connectivity index (χ3v) is 2.26. The lowest BCUT2D eigenvalue weighted by molar-refractivity contribution is -0.159. The molecule has 1 aromatic rings. The lowest BCUT2D eigenvalue weighted by Gasteiger charge is -2.22. The summed E-state index contributed by atoms with van der Waals surface area (Å²) < 4.78 is 5.30. The molecule has 0 radical (unpaired) electrons. The Morgan fingerprint density at radius 3 is 2.59 bits per heavy atom. The van der Waals surface area contributed by atoms with Gasteiger partial charge in [-0.2, -0.15) is 0 Å². The van der Waals surface area contributed by atoms with E-state index in [-0.39, 0.29) is 17.6 Å². The standard InChI is InChI=1S/C14H20O3/c1-10(13(16)17-14(2,3)4)8-11-6-5-7-12(15)9-11/h5-7,9-10,15H,8H2,1-4H3. The molecule has 0 aliphatic rings. The van der Waals surface area contributed by atoms with Crippen LogP contribution in [0.2, 0.25) is 0 Å². The third kappa shape index (κ3) is 4.89. The molecule has 0 bridgehead atoms. The van der Waals surface area contributed by atoms with Crippen LogP contribution in [0.25, 0.3) is 0 Å². The molecule has 1 aromatic carbocycles. The largest absolute Gasteiger partial charge is 0.508 e. The Balaban J connectivity index is 2.60. The fourth-order valence-electron chi connectivity index (χ4n) is 1.52. The number of benzene rings is 1. The summed E-state index contributed by atoms with van der Waals surface area (Å²) in [5, 5.41) is 9.33. The average molecular weight is 236 g/mol. The number of carbonyl (C=O) groups is 1. The van der Waals surface area contributed by atoms with Crippen LogP contribution in [0.5, 0.6) is 5.75 Å². The van der Waals surface area contributed by atoms with Gasteiger partial charge in [0.2, 0.25) is 0 Å². The van der Waals surface area contributed by atoms with Crippen molar-refractivity contribution in [3.63, 3.8) is 0 Å². The summed E-state index contributed by atoms with van der Waals surface area (Å²) in [5.41, 5.74) is 0.479. The number of phenols is 1. The summed E-state index contributed by atoms with van der Waals surface area (Å²) in [6, 6.07) is 6.94. The minimum Gasteiger partial charge on any atom is -0.508 e. The van der Waals surface area contributed by atoms with E-state index in [2.05, 4.69) is 0 Å². The number of hydrogen-bond donors (Lipinski definition) is 1. The van der Waals surface area contributed by atoms with E-state index in [0.717, 1.165) is 5.56 Å². The van der Waals surface area contributed by atoms with Crippen LogP contribution in [0.4, 0.5) is 0 Å². The monoisotopic (exact) mass is 236 g/mol. The van der Waals surface area contributed by atoms with Crippen molar-refractivity contribution < 1.29 is 14.6 Å². The van der Waals surface area contributed by atoms with Crippen LogP contribution in [0.15, 0.2) is 24.3 Å². The van der Waals surface area contributed by atoms with Crippen LogP contribution in [-0.2, 0) is 16.0 Å². The number of esters is 1. The summed E-state index contributed by atoms with van der Waals surface area (Å²) in [5.74, 6) is -0.198. The topological polar surface area (TPSA) is 46.5 Å². The summed E-state index contributed by atoms with van der Waals surface area (Å²) in [6.07, 6.45) is 0.573. The maximum Gasteiger partial charge on any atom is 0.309 e. The van der Waals surface area contributed by atoms with Crippen molar-refractivity contribution >= 4 is 5.97 Å². The molecule has 3 nitrogen and oxygen atoms in total. The fraction of sp³-hybridized carbons (Fsp3) is 0.500. The van der Waals surface area contributed by atoms with Gasteiger partial charge in [0, 0.05) is 0 Å². The van der Waals surface area contributed by atoms with E-state index < -0.39 is 5.60 Å². The van der Waals surface area contributed by atoms with Gasteiger partial charge in [0.1, 0.15) is 11.4 Å². The second-order valence-electron chi connectivity index (χ2n) is 5.31. The Morgan fingerprint density at radius 1 is 1.41 bits per heavy atom. The van der Waals surface area contributed by atoms with Gasteiger partial charge < -0.3 is 9.84 Å². The van der Waals surface area contributed by atoms with E-state index in [4.69, 9.17) is 4.74 Å². The summed E-state index contributed by atoms with van der Waals surface area (Å²) in [4.78, 5) is 11.8. The van der Waals surface area contributed by atoms with Gasteiger partial charge in [-0.15, -0.1) is 0 Å². The Labute approximate surface area is 102 Å². The number of ether oxygens (including phenoxy) is 1.